The molecule has 0 radical (unpaired) electrons. The summed E-state index contributed by atoms with van der Waals surface area (Å²) < 4.78 is 40.8. The van der Waals surface area contributed by atoms with Gasteiger partial charge in [0.15, 0.2) is 0 Å². The first-order chi connectivity index (χ1) is 18.3. The Balaban J connectivity index is 1.22. The van der Waals surface area contributed by atoms with Crippen molar-refractivity contribution in [3.05, 3.63) is 88.6 Å². The maximum atomic E-state index is 13.4. The lowest BCUT2D eigenvalue weighted by molar-refractivity contribution is -0.137. The number of hydrogen-bond acceptors (Lipinski definition) is 7. The lowest BCUT2D eigenvalue weighted by atomic mass is 10.2. The van der Waals surface area contributed by atoms with E-state index in [-0.39, 0.29) is 13.1 Å². The number of aromatic nitrogens is 1. The van der Waals surface area contributed by atoms with E-state index in [1.807, 2.05) is 36.6 Å². The van der Waals surface area contributed by atoms with E-state index >= 15 is 0 Å². The molecule has 0 unspecified atom stereocenters. The first-order valence-electron chi connectivity index (χ1n) is 12.1. The molecule has 0 saturated carbocycles. The van der Waals surface area contributed by atoms with Crippen LogP contribution >= 0.6 is 11.3 Å². The predicted octanol–water partition coefficient (Wildman–Crippen LogP) is 4.53. The fourth-order valence-electron chi connectivity index (χ4n) is 4.38. The van der Waals surface area contributed by atoms with E-state index < -0.39 is 22.7 Å². The highest BCUT2D eigenvalue weighted by Crippen LogP contribution is 2.32. The number of rotatable bonds is 11. The Morgan fingerprint density at radius 3 is 2.68 bits per heavy atom. The largest absolute Gasteiger partial charge is 0.493 e. The molecule has 0 spiro atoms. The Kier molecular flexibility index (Phi) is 7.50. The number of carboxylic acid groups (broad SMARTS) is 1. The molecule has 0 fully saturated rings. The number of nitrogens with zero attached hydrogens (tertiary/aromatic N) is 3. The van der Waals surface area contributed by atoms with Crippen LogP contribution in [0, 0.1) is 6.92 Å². The van der Waals surface area contributed by atoms with Crippen molar-refractivity contribution in [2.24, 2.45) is 0 Å². The normalized spacial score (nSPS) is 13.2. The fourth-order valence-corrected chi connectivity index (χ4v) is 6.65. The van der Waals surface area contributed by atoms with Crippen LogP contribution in [-0.2, 0) is 34.4 Å². The third-order valence-corrected chi connectivity index (χ3v) is 8.98. The van der Waals surface area contributed by atoms with Crippen molar-refractivity contribution < 1.29 is 27.5 Å². The van der Waals surface area contributed by atoms with Gasteiger partial charge in [-0.05, 0) is 54.1 Å². The van der Waals surface area contributed by atoms with Crippen molar-refractivity contribution in [2.45, 2.75) is 26.3 Å². The Labute approximate surface area is 225 Å². The van der Waals surface area contributed by atoms with Crippen LogP contribution in [0.5, 0.6) is 5.75 Å². The second-order valence-electron chi connectivity index (χ2n) is 8.86. The molecule has 2 aromatic carbocycles. The van der Waals surface area contributed by atoms with Crippen molar-refractivity contribution in [3.63, 3.8) is 0 Å². The first kappa shape index (κ1) is 26.0. The van der Waals surface area contributed by atoms with Gasteiger partial charge in [-0.1, -0.05) is 36.4 Å². The molecule has 9 nitrogen and oxygen atoms in total. The summed E-state index contributed by atoms with van der Waals surface area (Å²) in [6.07, 6.45) is 1.16. The number of aliphatic carboxylic acids is 1. The second kappa shape index (κ2) is 11.0. The van der Waals surface area contributed by atoms with Gasteiger partial charge in [-0.15, -0.1) is 11.3 Å². The zero-order valence-electron chi connectivity index (χ0n) is 20.7. The molecule has 1 aliphatic rings. The van der Waals surface area contributed by atoms with Gasteiger partial charge in [-0.2, -0.15) is 12.7 Å². The van der Waals surface area contributed by atoms with Crippen LogP contribution in [0.25, 0.3) is 10.8 Å². The van der Waals surface area contributed by atoms with Crippen molar-refractivity contribution in [3.8, 4) is 16.5 Å². The highest BCUT2D eigenvalue weighted by molar-refractivity contribution is 7.90. The average molecular weight is 554 g/mol. The van der Waals surface area contributed by atoms with Crippen LogP contribution in [0.3, 0.4) is 0 Å². The topological polar surface area (TPSA) is 113 Å². The molecule has 198 valence electrons. The quantitative estimate of drug-likeness (QED) is 0.290. The van der Waals surface area contributed by atoms with Crippen molar-refractivity contribution in [1.29, 1.82) is 0 Å². The lowest BCUT2D eigenvalue weighted by Crippen LogP contribution is -2.45. The number of anilines is 1. The van der Waals surface area contributed by atoms with Crippen molar-refractivity contribution >= 4 is 33.2 Å². The minimum atomic E-state index is -4.04. The van der Waals surface area contributed by atoms with Gasteiger partial charge >= 0.3 is 16.2 Å². The third kappa shape index (κ3) is 5.59. The Morgan fingerprint density at radius 1 is 1.16 bits per heavy atom. The number of carbonyl (C=O) groups is 1. The molecule has 38 heavy (non-hydrogen) atoms. The van der Waals surface area contributed by atoms with Gasteiger partial charge in [0.1, 0.15) is 18.1 Å². The number of aryl methyl sites for hydroxylation is 1. The van der Waals surface area contributed by atoms with E-state index in [4.69, 9.17) is 9.15 Å². The molecule has 0 aliphatic carbocycles. The number of oxazole rings is 1. The predicted molar refractivity (Wildman–Crippen MR) is 145 cm³/mol. The van der Waals surface area contributed by atoms with E-state index in [2.05, 4.69) is 4.98 Å². The van der Waals surface area contributed by atoms with Crippen molar-refractivity contribution in [1.82, 2.24) is 9.29 Å². The minimum Gasteiger partial charge on any atom is -0.493 e. The van der Waals surface area contributed by atoms with Gasteiger partial charge < -0.3 is 14.3 Å². The molecule has 2 aromatic heterocycles. The zero-order valence-corrected chi connectivity index (χ0v) is 22.4. The lowest BCUT2D eigenvalue weighted by Gasteiger charge is -2.28. The van der Waals surface area contributed by atoms with Crippen LogP contribution in [-0.4, -0.2) is 48.5 Å². The van der Waals surface area contributed by atoms with Gasteiger partial charge in [0.2, 0.25) is 5.89 Å². The molecule has 1 N–H and O–H groups in total. The molecule has 1 aliphatic heterocycles. The zero-order chi connectivity index (χ0) is 26.7. The monoisotopic (exact) mass is 553 g/mol. The number of fused-ring (bicyclic) bond motifs is 1. The number of carboxylic acids is 1. The van der Waals surface area contributed by atoms with E-state index in [1.54, 1.807) is 47.7 Å². The summed E-state index contributed by atoms with van der Waals surface area (Å²) in [6, 6.07) is 18.2. The molecule has 5 rings (SSSR count). The fraction of sp³-hybridized carbons (Fsp3) is 0.259. The number of hydrogen-bond donors (Lipinski definition) is 1. The van der Waals surface area contributed by atoms with Crippen molar-refractivity contribution in [2.75, 3.05) is 24.0 Å². The van der Waals surface area contributed by atoms with Crippen LogP contribution in [0.1, 0.15) is 22.6 Å². The van der Waals surface area contributed by atoms with Crippen LogP contribution in [0.2, 0.25) is 0 Å². The molecule has 3 heterocycles. The molecule has 0 saturated heterocycles. The summed E-state index contributed by atoms with van der Waals surface area (Å²) in [5.41, 5.74) is 3.01. The Hall–Kier alpha value is -3.67. The highest BCUT2D eigenvalue weighted by atomic mass is 32.2. The highest BCUT2D eigenvalue weighted by Gasteiger charge is 2.35. The summed E-state index contributed by atoms with van der Waals surface area (Å²) >= 11 is 1.57. The Morgan fingerprint density at radius 2 is 1.95 bits per heavy atom. The van der Waals surface area contributed by atoms with E-state index in [0.717, 1.165) is 26.2 Å². The molecule has 0 amide bonds. The first-order valence-corrected chi connectivity index (χ1v) is 14.4. The number of benzene rings is 2. The van der Waals surface area contributed by atoms with Gasteiger partial charge in [0, 0.05) is 19.5 Å². The standard InChI is InChI=1S/C27H27N3O6S2/c1-19-23(28-27(36-19)25-7-4-16-37-25)13-15-35-22-10-8-20(9-11-22)17-29(18-26(31)32)38(33,34)30-14-12-21-5-2-3-6-24(21)30/h2-11,16H,12-15,17-18H2,1H3,(H,31,32). The minimum absolute atomic E-state index is 0.0722. The van der Waals surface area contributed by atoms with Gasteiger partial charge in [-0.25, -0.2) is 4.98 Å². The summed E-state index contributed by atoms with van der Waals surface area (Å²) in [7, 11) is -4.04. The van der Waals surface area contributed by atoms with Crippen LogP contribution < -0.4 is 9.04 Å². The second-order valence-corrected chi connectivity index (χ2v) is 11.7. The van der Waals surface area contributed by atoms with Crippen LogP contribution in [0.4, 0.5) is 5.69 Å². The number of para-hydroxylation sites is 1. The summed E-state index contributed by atoms with van der Waals surface area (Å²) in [5.74, 6) is 0.767. The molecular weight excluding hydrogens is 526 g/mol. The molecule has 0 atom stereocenters. The maximum absolute atomic E-state index is 13.4. The van der Waals surface area contributed by atoms with E-state index in [0.29, 0.717) is 42.3 Å². The molecule has 4 aromatic rings. The average Bonchev–Trinajstić information content (AvgIpc) is 3.65. The third-order valence-electron chi connectivity index (χ3n) is 6.28. The smallest absolute Gasteiger partial charge is 0.318 e. The van der Waals surface area contributed by atoms with Crippen LogP contribution in [0.15, 0.2) is 70.5 Å². The van der Waals surface area contributed by atoms with Gasteiger partial charge in [0.25, 0.3) is 0 Å². The van der Waals surface area contributed by atoms with Gasteiger partial charge in [0.05, 0.1) is 22.9 Å². The molecule has 11 heteroatoms. The summed E-state index contributed by atoms with van der Waals surface area (Å²) in [5, 5.41) is 11.4. The Bertz CT molecular complexity index is 1510. The van der Waals surface area contributed by atoms with E-state index in [9.17, 15) is 18.3 Å². The summed E-state index contributed by atoms with van der Waals surface area (Å²) in [4.78, 5) is 17.1. The molecule has 0 bridgehead atoms. The summed E-state index contributed by atoms with van der Waals surface area (Å²) in [6.45, 7) is 1.85. The number of ether oxygens (including phenoxy) is 1. The molecular formula is C27H27N3O6S2. The SMILES string of the molecule is Cc1oc(-c2cccs2)nc1CCOc1ccc(CN(CC(=O)O)S(=O)(=O)N2CCc3ccccc32)cc1. The van der Waals surface area contributed by atoms with E-state index in [1.165, 1.54) is 4.31 Å². The number of thiophene rings is 1. The van der Waals surface area contributed by atoms with Gasteiger partial charge in [-0.3, -0.25) is 9.10 Å². The maximum Gasteiger partial charge on any atom is 0.318 e.